The zero-order chi connectivity index (χ0) is 63.1. The lowest BCUT2D eigenvalue weighted by Crippen LogP contribution is -2.32. The number of nitriles is 1. The van der Waals surface area contributed by atoms with Gasteiger partial charge in [0.25, 0.3) is 0 Å². The molecule has 21 rings (SSSR count). The molecule has 0 fully saturated rings. The van der Waals surface area contributed by atoms with Crippen LogP contribution in [0.5, 0.6) is 11.5 Å². The fourth-order valence-corrected chi connectivity index (χ4v) is 17.4. The highest BCUT2D eigenvalue weighted by Crippen LogP contribution is 2.63. The average Bonchev–Trinajstić information content (AvgIpc) is 1.41. The maximum atomic E-state index is 10.2. The number of anilines is 3. The first-order valence-corrected chi connectivity index (χ1v) is 32.8. The second-order valence-electron chi connectivity index (χ2n) is 25.1. The van der Waals surface area contributed by atoms with Crippen LogP contribution in [0.3, 0.4) is 0 Å². The summed E-state index contributed by atoms with van der Waals surface area (Å²) in [6.45, 7) is 8.02. The molecular weight excluding hydrogens is 1200 g/mol. The third-order valence-electron chi connectivity index (χ3n) is 20.3. The van der Waals surface area contributed by atoms with Crippen molar-refractivity contribution in [3.63, 3.8) is 0 Å². The topological polar surface area (TPSA) is 86.1 Å². The lowest BCUT2D eigenvalue weighted by molar-refractivity contribution is 0.436. The highest BCUT2D eigenvalue weighted by molar-refractivity contribution is 7.99. The molecule has 0 radical (unpaired) electrons. The van der Waals surface area contributed by atoms with E-state index in [9.17, 15) is 5.26 Å². The molecule has 18 aromatic rings. The van der Waals surface area contributed by atoms with Crippen LogP contribution in [0.25, 0.3) is 126 Å². The van der Waals surface area contributed by atoms with Gasteiger partial charge in [-0.15, -0.1) is 0 Å². The molecule has 12 aromatic carbocycles. The minimum Gasteiger partial charge on any atom is -0.457 e. The smallest absolute Gasteiger partial charge is 0.188 e. The Balaban J connectivity index is 0.848. The molecule has 10 nitrogen and oxygen atoms in total. The minimum atomic E-state index is -1.09. The first-order valence-electron chi connectivity index (χ1n) is 32.0. The quantitative estimate of drug-likeness (QED) is 0.160. The van der Waals surface area contributed by atoms with E-state index in [0.717, 1.165) is 161 Å². The average molecular weight is 1240 g/mol. The van der Waals surface area contributed by atoms with Gasteiger partial charge >= 0.3 is 0 Å². The molecule has 0 amide bonds. The number of para-hydroxylation sites is 7. The van der Waals surface area contributed by atoms with Gasteiger partial charge in [-0.05, 0) is 133 Å². The lowest BCUT2D eigenvalue weighted by Gasteiger charge is -2.39. The summed E-state index contributed by atoms with van der Waals surface area (Å²) < 4.78 is 17.1. The van der Waals surface area contributed by atoms with Crippen LogP contribution >= 0.6 is 11.8 Å². The summed E-state index contributed by atoms with van der Waals surface area (Å²) in [5, 5.41) is 18.9. The number of pyridine rings is 2. The molecule has 0 saturated heterocycles. The number of hydrogen-bond donors (Lipinski definition) is 0. The van der Waals surface area contributed by atoms with Crippen molar-refractivity contribution in [3.05, 3.63) is 325 Å². The van der Waals surface area contributed by atoms with Crippen molar-refractivity contribution in [1.82, 2.24) is 28.2 Å². The van der Waals surface area contributed by atoms with Crippen LogP contribution in [-0.2, 0) is 5.41 Å². The van der Waals surface area contributed by atoms with Gasteiger partial charge in [0.1, 0.15) is 11.5 Å². The number of benzene rings is 12. The molecule has 96 heavy (non-hydrogen) atoms. The van der Waals surface area contributed by atoms with Gasteiger partial charge in [0, 0.05) is 98.9 Å². The van der Waals surface area contributed by atoms with Crippen molar-refractivity contribution in [2.24, 2.45) is 0 Å². The van der Waals surface area contributed by atoms with E-state index in [1.807, 2.05) is 48.4 Å². The van der Waals surface area contributed by atoms with Crippen molar-refractivity contribution in [1.29, 1.82) is 5.26 Å². The summed E-state index contributed by atoms with van der Waals surface area (Å²) in [6, 6.07) is 99.6. The molecular formula is C85H47N9OS. The highest BCUT2D eigenvalue weighted by atomic mass is 32.2. The van der Waals surface area contributed by atoms with E-state index < -0.39 is 5.41 Å². The van der Waals surface area contributed by atoms with Crippen LogP contribution in [0.2, 0.25) is 0 Å². The Bertz CT molecular complexity index is 6510. The number of fused-ring (bicyclic) bond motifs is 23. The van der Waals surface area contributed by atoms with E-state index in [1.165, 1.54) is 9.79 Å². The molecule has 444 valence electrons. The highest BCUT2D eigenvalue weighted by Gasteiger charge is 2.53. The van der Waals surface area contributed by atoms with Crippen molar-refractivity contribution < 1.29 is 4.74 Å². The van der Waals surface area contributed by atoms with Crippen molar-refractivity contribution in [2.75, 3.05) is 4.90 Å². The van der Waals surface area contributed by atoms with E-state index in [-0.39, 0.29) is 0 Å². The number of nitrogens with zero attached hydrogens (tertiary/aromatic N) is 9. The van der Waals surface area contributed by atoms with Crippen LogP contribution in [0.15, 0.2) is 295 Å². The zero-order valence-corrected chi connectivity index (χ0v) is 51.8. The van der Waals surface area contributed by atoms with E-state index in [1.54, 1.807) is 0 Å². The predicted molar refractivity (Wildman–Crippen MR) is 387 cm³/mol. The molecule has 1 unspecified atom stereocenters. The Morgan fingerprint density at radius 3 is 1.25 bits per heavy atom. The van der Waals surface area contributed by atoms with E-state index in [0.29, 0.717) is 22.7 Å². The number of aromatic nitrogens is 6. The van der Waals surface area contributed by atoms with Crippen molar-refractivity contribution in [2.45, 2.75) is 15.2 Å². The number of ether oxygens (including phenoxy) is 1. The van der Waals surface area contributed by atoms with Gasteiger partial charge in [-0.3, -0.25) is 9.97 Å². The summed E-state index contributed by atoms with van der Waals surface area (Å²) >= 11 is 1.81. The summed E-state index contributed by atoms with van der Waals surface area (Å²) in [5.41, 5.74) is 20.7. The molecule has 0 N–H and O–H groups in total. The van der Waals surface area contributed by atoms with Crippen LogP contribution in [0, 0.1) is 17.9 Å². The second-order valence-corrected chi connectivity index (χ2v) is 26.1. The monoisotopic (exact) mass is 1240 g/mol. The van der Waals surface area contributed by atoms with Gasteiger partial charge in [-0.1, -0.05) is 145 Å². The molecule has 8 heterocycles. The molecule has 3 aliphatic rings. The van der Waals surface area contributed by atoms with Crippen LogP contribution in [0.4, 0.5) is 22.7 Å². The molecule has 2 aliphatic heterocycles. The van der Waals surface area contributed by atoms with Gasteiger partial charge < -0.3 is 27.9 Å². The maximum Gasteiger partial charge on any atom is 0.188 e. The van der Waals surface area contributed by atoms with Crippen LogP contribution in [-0.4, -0.2) is 28.2 Å². The first-order chi connectivity index (χ1) is 47.5. The third kappa shape index (κ3) is 7.07. The Kier molecular flexibility index (Phi) is 10.7. The molecule has 1 aliphatic carbocycles. The van der Waals surface area contributed by atoms with Crippen molar-refractivity contribution >= 4 is 122 Å². The van der Waals surface area contributed by atoms with Crippen LogP contribution in [0.1, 0.15) is 27.8 Å². The summed E-state index contributed by atoms with van der Waals surface area (Å²) in [5.74, 6) is 1.37. The maximum absolute atomic E-state index is 10.2. The lowest BCUT2D eigenvalue weighted by atomic mass is 9.66. The fourth-order valence-electron chi connectivity index (χ4n) is 16.4. The van der Waals surface area contributed by atoms with E-state index >= 15 is 0 Å². The van der Waals surface area contributed by atoms with Gasteiger partial charge in [-0.25, -0.2) is 4.85 Å². The zero-order valence-electron chi connectivity index (χ0n) is 51.0. The normalized spacial score (nSPS) is 14.3. The Labute approximate surface area is 553 Å². The van der Waals surface area contributed by atoms with E-state index in [4.69, 9.17) is 21.3 Å². The SMILES string of the molecule is [C-]#[N+]c1ccc2c(c1)c1ccccc1n2-c1ccc2c(c1)Oc1cc(-n3c4ccccc4c4cc(N5c6ccccc6Sc6ccccc65)ccc43)ccc1C21c2cc(-n3c4ccccc4c4ccccc43)cnc2-c2ncc(-n3c4ccccc4c4cc(C#N)ccc43)cc21. The van der Waals surface area contributed by atoms with Crippen LogP contribution < -0.4 is 9.64 Å². The Morgan fingerprint density at radius 1 is 0.365 bits per heavy atom. The fraction of sp³-hybridized carbons (Fsp3) is 0.0118. The van der Waals surface area contributed by atoms with Gasteiger partial charge in [0.15, 0.2) is 5.69 Å². The summed E-state index contributed by atoms with van der Waals surface area (Å²) in [4.78, 5) is 19.9. The molecule has 0 saturated carbocycles. The van der Waals surface area contributed by atoms with Gasteiger partial charge in [0.05, 0.1) is 114 Å². The van der Waals surface area contributed by atoms with Gasteiger partial charge in [-0.2, -0.15) is 5.26 Å². The standard InChI is InChI=1S/C85H47N9OS/c1-87-51-31-38-75-63(41-51)60-19-5-9-23-71(60)90(75)53-32-35-65-79(45-53)95-80-46-54(91-72-24-10-6-20-61(72)64-42-52(34-39-76(64)91)92-77-26-12-14-28-81(77)96-82-29-15-13-27-78(82)92)33-36-66(80)85(65)67-43-55(93-69-21-7-2-16-57(69)58-17-3-8-22-70(58)93)48-88-83(67)84-68(85)44-56(49-89-84)94-73-25-11-4-18-59(73)62-40-50(47-86)30-37-74(62)94/h2-46,48-49H. The number of hydrogen-bond acceptors (Lipinski definition) is 6. The molecule has 1 atom stereocenters. The largest absolute Gasteiger partial charge is 0.457 e. The molecule has 0 bridgehead atoms. The van der Waals surface area contributed by atoms with Gasteiger partial charge in [0.2, 0.25) is 0 Å². The summed E-state index contributed by atoms with van der Waals surface area (Å²) in [6.07, 6.45) is 4.00. The molecule has 11 heteroatoms. The predicted octanol–water partition coefficient (Wildman–Crippen LogP) is 21.7. The molecule has 6 aromatic heterocycles. The second kappa shape index (κ2) is 19.6. The Morgan fingerprint density at radius 2 is 0.760 bits per heavy atom. The Hall–Kier alpha value is -12.9. The minimum absolute atomic E-state index is 0.586. The first kappa shape index (κ1) is 52.7. The van der Waals surface area contributed by atoms with E-state index in [2.05, 4.69) is 283 Å². The molecule has 1 spiro atoms. The third-order valence-corrected chi connectivity index (χ3v) is 21.4. The number of rotatable bonds is 5. The van der Waals surface area contributed by atoms with Crippen molar-refractivity contribution in [3.8, 4) is 51.7 Å². The summed E-state index contributed by atoms with van der Waals surface area (Å²) in [7, 11) is 0.